The summed E-state index contributed by atoms with van der Waals surface area (Å²) in [6.45, 7) is 4.55. The fraction of sp³-hybridized carbons (Fsp3) is 0.385. The van der Waals surface area contributed by atoms with E-state index in [1.165, 1.54) is 11.1 Å². The van der Waals surface area contributed by atoms with Crippen LogP contribution in [0.2, 0.25) is 0 Å². The van der Waals surface area contributed by atoms with Crippen molar-refractivity contribution >= 4 is 6.08 Å². The van der Waals surface area contributed by atoms with E-state index in [4.69, 9.17) is 0 Å². The molecule has 1 aromatic rings. The monoisotopic (exact) mass is 187 g/mol. The first kappa shape index (κ1) is 9.32. The molecule has 1 heteroatoms. The SMILES string of the molecule is CC(C)C1c2ccccc2C=CN1C. The maximum atomic E-state index is 2.30. The van der Waals surface area contributed by atoms with Crippen LogP contribution in [0.15, 0.2) is 30.5 Å². The minimum Gasteiger partial charge on any atom is -0.373 e. The Labute approximate surface area is 86.1 Å². The van der Waals surface area contributed by atoms with Gasteiger partial charge in [0.2, 0.25) is 0 Å². The topological polar surface area (TPSA) is 3.24 Å². The first-order valence-electron chi connectivity index (χ1n) is 5.19. The number of hydrogen-bond donors (Lipinski definition) is 0. The van der Waals surface area contributed by atoms with Crippen LogP contribution in [0.4, 0.5) is 0 Å². The molecule has 0 spiro atoms. The molecule has 74 valence electrons. The Morgan fingerprint density at radius 2 is 1.93 bits per heavy atom. The van der Waals surface area contributed by atoms with E-state index >= 15 is 0 Å². The molecule has 0 aliphatic carbocycles. The van der Waals surface area contributed by atoms with Crippen molar-refractivity contribution < 1.29 is 0 Å². The number of fused-ring (bicyclic) bond motifs is 1. The lowest BCUT2D eigenvalue weighted by atomic mass is 9.89. The zero-order chi connectivity index (χ0) is 10.1. The molecule has 0 bridgehead atoms. The van der Waals surface area contributed by atoms with E-state index in [2.05, 4.69) is 62.3 Å². The maximum Gasteiger partial charge on any atom is 0.0562 e. The van der Waals surface area contributed by atoms with Crippen LogP contribution in [0.1, 0.15) is 31.0 Å². The normalized spacial score (nSPS) is 20.0. The van der Waals surface area contributed by atoms with Gasteiger partial charge in [0.05, 0.1) is 6.04 Å². The third kappa shape index (κ3) is 1.43. The second-order valence-electron chi connectivity index (χ2n) is 4.30. The maximum absolute atomic E-state index is 2.30. The number of hydrogen-bond acceptors (Lipinski definition) is 1. The average molecular weight is 187 g/mol. The first-order chi connectivity index (χ1) is 6.70. The first-order valence-corrected chi connectivity index (χ1v) is 5.19. The van der Waals surface area contributed by atoms with Crippen LogP contribution in [0, 0.1) is 5.92 Å². The molecule has 0 radical (unpaired) electrons. The van der Waals surface area contributed by atoms with Gasteiger partial charge in [-0.05, 0) is 29.3 Å². The third-order valence-electron chi connectivity index (χ3n) is 2.87. The van der Waals surface area contributed by atoms with Crippen LogP contribution < -0.4 is 0 Å². The summed E-state index contributed by atoms with van der Waals surface area (Å²) in [5, 5.41) is 0. The molecule has 1 aliphatic rings. The molecule has 0 saturated heterocycles. The van der Waals surface area contributed by atoms with Gasteiger partial charge in [0.15, 0.2) is 0 Å². The molecule has 1 heterocycles. The van der Waals surface area contributed by atoms with Crippen LogP contribution in [0.3, 0.4) is 0 Å². The Hall–Kier alpha value is -1.24. The van der Waals surface area contributed by atoms with E-state index in [9.17, 15) is 0 Å². The van der Waals surface area contributed by atoms with Crippen molar-refractivity contribution in [1.29, 1.82) is 0 Å². The van der Waals surface area contributed by atoms with Crippen molar-refractivity contribution in [1.82, 2.24) is 4.90 Å². The molecule has 0 fully saturated rings. The minimum absolute atomic E-state index is 0.524. The van der Waals surface area contributed by atoms with Gasteiger partial charge in [0, 0.05) is 7.05 Å². The van der Waals surface area contributed by atoms with Gasteiger partial charge < -0.3 is 4.90 Å². The fourth-order valence-corrected chi connectivity index (χ4v) is 2.27. The van der Waals surface area contributed by atoms with Gasteiger partial charge in [-0.2, -0.15) is 0 Å². The average Bonchev–Trinajstić information content (AvgIpc) is 2.17. The summed E-state index contributed by atoms with van der Waals surface area (Å²) in [4.78, 5) is 2.30. The number of nitrogens with zero attached hydrogens (tertiary/aromatic N) is 1. The minimum atomic E-state index is 0.524. The Bertz CT molecular complexity index is 352. The molecule has 1 atom stereocenters. The van der Waals surface area contributed by atoms with Gasteiger partial charge in [-0.3, -0.25) is 0 Å². The predicted octanol–water partition coefficient (Wildman–Crippen LogP) is 3.30. The second-order valence-corrected chi connectivity index (χ2v) is 4.30. The lowest BCUT2D eigenvalue weighted by molar-refractivity contribution is 0.261. The summed E-state index contributed by atoms with van der Waals surface area (Å²) in [5.74, 6) is 0.645. The lowest BCUT2D eigenvalue weighted by Crippen LogP contribution is -2.26. The van der Waals surface area contributed by atoms with E-state index in [0.717, 1.165) is 0 Å². The highest BCUT2D eigenvalue weighted by Gasteiger charge is 2.23. The lowest BCUT2D eigenvalue weighted by Gasteiger charge is -2.34. The number of benzene rings is 1. The van der Waals surface area contributed by atoms with Crippen molar-refractivity contribution in [2.75, 3.05) is 7.05 Å². The Balaban J connectivity index is 2.48. The summed E-state index contributed by atoms with van der Waals surface area (Å²) in [6.07, 6.45) is 4.36. The van der Waals surface area contributed by atoms with Crippen molar-refractivity contribution in [2.24, 2.45) is 5.92 Å². The smallest absolute Gasteiger partial charge is 0.0562 e. The highest BCUT2D eigenvalue weighted by molar-refractivity contribution is 5.56. The molecule has 1 aromatic carbocycles. The molecule has 1 nitrogen and oxygen atoms in total. The van der Waals surface area contributed by atoms with E-state index in [1.807, 2.05) is 0 Å². The molecule has 0 N–H and O–H groups in total. The van der Waals surface area contributed by atoms with Gasteiger partial charge in [-0.25, -0.2) is 0 Å². The van der Waals surface area contributed by atoms with E-state index in [1.54, 1.807) is 0 Å². The van der Waals surface area contributed by atoms with Gasteiger partial charge in [-0.15, -0.1) is 0 Å². The zero-order valence-corrected chi connectivity index (χ0v) is 9.07. The molecular weight excluding hydrogens is 170 g/mol. The Morgan fingerprint density at radius 3 is 2.64 bits per heavy atom. The highest BCUT2D eigenvalue weighted by atomic mass is 15.1. The summed E-state index contributed by atoms with van der Waals surface area (Å²) in [5.41, 5.74) is 2.82. The molecule has 14 heavy (non-hydrogen) atoms. The standard InChI is InChI=1S/C13H17N/c1-10(2)13-12-7-5-4-6-11(12)8-9-14(13)3/h4-10,13H,1-3H3. The van der Waals surface area contributed by atoms with E-state index in [-0.39, 0.29) is 0 Å². The van der Waals surface area contributed by atoms with Crippen molar-refractivity contribution in [3.63, 3.8) is 0 Å². The van der Waals surface area contributed by atoms with Crippen molar-refractivity contribution in [3.05, 3.63) is 41.6 Å². The van der Waals surface area contributed by atoms with Crippen LogP contribution >= 0.6 is 0 Å². The Morgan fingerprint density at radius 1 is 1.21 bits per heavy atom. The summed E-state index contributed by atoms with van der Waals surface area (Å²) < 4.78 is 0. The number of rotatable bonds is 1. The van der Waals surface area contributed by atoms with Crippen molar-refractivity contribution in [3.8, 4) is 0 Å². The van der Waals surface area contributed by atoms with Gasteiger partial charge in [-0.1, -0.05) is 38.1 Å². The van der Waals surface area contributed by atoms with E-state index < -0.39 is 0 Å². The third-order valence-corrected chi connectivity index (χ3v) is 2.87. The molecular formula is C13H17N. The predicted molar refractivity (Wildman–Crippen MR) is 60.8 cm³/mol. The molecule has 0 saturated carbocycles. The van der Waals surface area contributed by atoms with Gasteiger partial charge in [0.25, 0.3) is 0 Å². The Kier molecular flexibility index (Phi) is 2.32. The van der Waals surface area contributed by atoms with Crippen molar-refractivity contribution in [2.45, 2.75) is 19.9 Å². The van der Waals surface area contributed by atoms with Gasteiger partial charge >= 0.3 is 0 Å². The summed E-state index contributed by atoms with van der Waals surface area (Å²) in [6, 6.07) is 9.18. The highest BCUT2D eigenvalue weighted by Crippen LogP contribution is 2.33. The molecule has 2 rings (SSSR count). The summed E-state index contributed by atoms with van der Waals surface area (Å²) in [7, 11) is 2.15. The largest absolute Gasteiger partial charge is 0.373 e. The molecule has 0 aromatic heterocycles. The molecule has 1 unspecified atom stereocenters. The second kappa shape index (κ2) is 3.49. The van der Waals surface area contributed by atoms with Crippen LogP contribution in [-0.2, 0) is 0 Å². The van der Waals surface area contributed by atoms with Gasteiger partial charge in [0.1, 0.15) is 0 Å². The molecule has 1 aliphatic heterocycles. The fourth-order valence-electron chi connectivity index (χ4n) is 2.27. The van der Waals surface area contributed by atoms with E-state index in [0.29, 0.717) is 12.0 Å². The van der Waals surface area contributed by atoms with Crippen LogP contribution in [-0.4, -0.2) is 11.9 Å². The quantitative estimate of drug-likeness (QED) is 0.652. The molecule has 0 amide bonds. The zero-order valence-electron chi connectivity index (χ0n) is 9.07. The van der Waals surface area contributed by atoms with Crippen LogP contribution in [0.5, 0.6) is 0 Å². The van der Waals surface area contributed by atoms with Crippen LogP contribution in [0.25, 0.3) is 6.08 Å². The summed E-state index contributed by atoms with van der Waals surface area (Å²) >= 11 is 0.